The van der Waals surface area contributed by atoms with Crippen molar-refractivity contribution in [3.63, 3.8) is 0 Å². The fourth-order valence-corrected chi connectivity index (χ4v) is 4.72. The second-order valence-corrected chi connectivity index (χ2v) is 7.55. The first-order valence-corrected chi connectivity index (χ1v) is 9.05. The van der Waals surface area contributed by atoms with Gasteiger partial charge in [-0.05, 0) is 19.9 Å². The van der Waals surface area contributed by atoms with Crippen molar-refractivity contribution in [1.82, 2.24) is 10.2 Å². The highest BCUT2D eigenvalue weighted by molar-refractivity contribution is 6.15. The van der Waals surface area contributed by atoms with E-state index >= 15 is 0 Å². The summed E-state index contributed by atoms with van der Waals surface area (Å²) in [6.45, 7) is 3.82. The van der Waals surface area contributed by atoms with Crippen molar-refractivity contribution in [2.24, 2.45) is 11.8 Å². The molecule has 3 aliphatic heterocycles. The summed E-state index contributed by atoms with van der Waals surface area (Å²) >= 11 is 0. The summed E-state index contributed by atoms with van der Waals surface area (Å²) in [4.78, 5) is 40.5. The second kappa shape index (κ2) is 6.12. The number of methoxy groups -OCH3 is 1. The third-order valence-corrected chi connectivity index (χ3v) is 5.94. The van der Waals surface area contributed by atoms with Gasteiger partial charge < -0.3 is 15.2 Å². The van der Waals surface area contributed by atoms with Crippen LogP contribution in [-0.2, 0) is 24.7 Å². The van der Waals surface area contributed by atoms with Crippen molar-refractivity contribution in [2.45, 2.75) is 31.5 Å². The van der Waals surface area contributed by atoms with Gasteiger partial charge in [-0.2, -0.15) is 0 Å². The maximum absolute atomic E-state index is 13.2. The molecule has 3 N–H and O–H groups in total. The number of hydrogen-bond donors (Lipinski definition) is 3. The van der Waals surface area contributed by atoms with Crippen molar-refractivity contribution in [2.75, 3.05) is 25.6 Å². The van der Waals surface area contributed by atoms with Gasteiger partial charge in [0, 0.05) is 24.4 Å². The van der Waals surface area contributed by atoms with Crippen LogP contribution in [0.1, 0.15) is 18.1 Å². The Morgan fingerprint density at radius 1 is 1.30 bits per heavy atom. The molecule has 8 nitrogen and oxygen atoms in total. The van der Waals surface area contributed by atoms with Crippen LogP contribution in [0.2, 0.25) is 0 Å². The standard InChI is InChI=1S/C19H23N3O5/c1-9-4-5-12-11(8-9)19(18(26)20-12)14-13(15(21-19)10(2)23)16(24)22(17(14)25)6-7-27-3/h4-5,8,10,13-15,21,23H,6-7H2,1-3H3,(H,20,26). The lowest BCUT2D eigenvalue weighted by molar-refractivity contribution is -0.143. The van der Waals surface area contributed by atoms with Crippen LogP contribution >= 0.6 is 0 Å². The molecule has 27 heavy (non-hydrogen) atoms. The van der Waals surface area contributed by atoms with E-state index < -0.39 is 35.4 Å². The van der Waals surface area contributed by atoms with Crippen molar-refractivity contribution < 1.29 is 24.2 Å². The van der Waals surface area contributed by atoms with Crippen LogP contribution in [0.3, 0.4) is 0 Å². The number of ether oxygens (including phenoxy) is 1. The first-order valence-electron chi connectivity index (χ1n) is 9.05. The number of anilines is 1. The number of likely N-dealkylation sites (tertiary alicyclic amines) is 1. The molecule has 2 fully saturated rings. The number of carbonyl (C=O) groups excluding carboxylic acids is 3. The molecular formula is C19H23N3O5. The SMILES string of the molecule is COCCN1C(=O)C2C(C(C)O)NC3(C(=O)Nc4ccc(C)cc43)C2C1=O. The average molecular weight is 373 g/mol. The van der Waals surface area contributed by atoms with E-state index in [-0.39, 0.29) is 25.0 Å². The second-order valence-electron chi connectivity index (χ2n) is 7.55. The van der Waals surface area contributed by atoms with Gasteiger partial charge in [0.15, 0.2) is 0 Å². The molecular weight excluding hydrogens is 350 g/mol. The number of benzene rings is 1. The molecule has 144 valence electrons. The molecule has 0 bridgehead atoms. The monoisotopic (exact) mass is 373 g/mol. The van der Waals surface area contributed by atoms with Gasteiger partial charge in [-0.15, -0.1) is 0 Å². The van der Waals surface area contributed by atoms with Gasteiger partial charge in [0.05, 0.1) is 31.1 Å². The summed E-state index contributed by atoms with van der Waals surface area (Å²) in [5.41, 5.74) is 0.859. The minimum absolute atomic E-state index is 0.131. The summed E-state index contributed by atoms with van der Waals surface area (Å²) in [7, 11) is 1.50. The van der Waals surface area contributed by atoms with E-state index in [0.717, 1.165) is 10.5 Å². The number of aliphatic hydroxyl groups excluding tert-OH is 1. The van der Waals surface area contributed by atoms with E-state index in [1.807, 2.05) is 19.1 Å². The van der Waals surface area contributed by atoms with Crippen molar-refractivity contribution in [3.8, 4) is 0 Å². The van der Waals surface area contributed by atoms with Crippen LogP contribution in [0.25, 0.3) is 0 Å². The van der Waals surface area contributed by atoms with Gasteiger partial charge in [0.1, 0.15) is 5.54 Å². The summed E-state index contributed by atoms with van der Waals surface area (Å²) in [5, 5.41) is 16.3. The Bertz CT molecular complexity index is 839. The zero-order valence-corrected chi connectivity index (χ0v) is 15.5. The molecule has 1 aromatic rings. The molecule has 5 unspecified atom stereocenters. The van der Waals surface area contributed by atoms with E-state index in [1.54, 1.807) is 13.0 Å². The van der Waals surface area contributed by atoms with Crippen LogP contribution in [0.15, 0.2) is 18.2 Å². The molecule has 1 aromatic carbocycles. The molecule has 0 saturated carbocycles. The van der Waals surface area contributed by atoms with E-state index in [4.69, 9.17) is 4.74 Å². The highest BCUT2D eigenvalue weighted by Crippen LogP contribution is 2.53. The predicted molar refractivity (Wildman–Crippen MR) is 95.7 cm³/mol. The Kier molecular flexibility index (Phi) is 4.10. The minimum Gasteiger partial charge on any atom is -0.392 e. The molecule has 3 heterocycles. The lowest BCUT2D eigenvalue weighted by Crippen LogP contribution is -2.55. The number of hydrogen-bond acceptors (Lipinski definition) is 6. The first-order chi connectivity index (χ1) is 12.8. The summed E-state index contributed by atoms with van der Waals surface area (Å²) < 4.78 is 5.02. The normalized spacial score (nSPS) is 32.8. The summed E-state index contributed by atoms with van der Waals surface area (Å²) in [6, 6.07) is 4.84. The maximum Gasteiger partial charge on any atom is 0.250 e. The van der Waals surface area contributed by atoms with E-state index in [9.17, 15) is 19.5 Å². The van der Waals surface area contributed by atoms with E-state index in [2.05, 4.69) is 10.6 Å². The van der Waals surface area contributed by atoms with Crippen molar-refractivity contribution >= 4 is 23.4 Å². The van der Waals surface area contributed by atoms with Crippen LogP contribution in [0.5, 0.6) is 0 Å². The highest BCUT2D eigenvalue weighted by atomic mass is 16.5. The number of carbonyl (C=O) groups is 3. The average Bonchev–Trinajstić information content (AvgIpc) is 3.20. The maximum atomic E-state index is 13.2. The zero-order chi connectivity index (χ0) is 19.5. The highest BCUT2D eigenvalue weighted by Gasteiger charge is 2.70. The topological polar surface area (TPSA) is 108 Å². The van der Waals surface area contributed by atoms with Crippen LogP contribution < -0.4 is 10.6 Å². The Balaban J connectivity index is 1.86. The summed E-state index contributed by atoms with van der Waals surface area (Å²) in [5.74, 6) is -2.83. The first kappa shape index (κ1) is 18.1. The van der Waals surface area contributed by atoms with Crippen molar-refractivity contribution in [3.05, 3.63) is 29.3 Å². The summed E-state index contributed by atoms with van der Waals surface area (Å²) in [6.07, 6.45) is -0.905. The molecule has 0 radical (unpaired) electrons. The number of nitrogens with one attached hydrogen (secondary N) is 2. The van der Waals surface area contributed by atoms with Gasteiger partial charge in [0.2, 0.25) is 17.7 Å². The van der Waals surface area contributed by atoms with E-state index in [0.29, 0.717) is 11.3 Å². The van der Waals surface area contributed by atoms with Gasteiger partial charge in [-0.1, -0.05) is 17.7 Å². The Hall–Kier alpha value is -2.29. The van der Waals surface area contributed by atoms with Crippen molar-refractivity contribution in [1.29, 1.82) is 0 Å². The zero-order valence-electron chi connectivity index (χ0n) is 15.5. The van der Waals surface area contributed by atoms with Crippen LogP contribution in [-0.4, -0.2) is 60.1 Å². The Morgan fingerprint density at radius 3 is 2.70 bits per heavy atom. The van der Waals surface area contributed by atoms with Gasteiger partial charge in [0.25, 0.3) is 0 Å². The lowest BCUT2D eigenvalue weighted by Gasteiger charge is -2.30. The Labute approximate surface area is 156 Å². The molecule has 0 aromatic heterocycles. The Morgan fingerprint density at radius 2 is 2.04 bits per heavy atom. The molecule has 2 saturated heterocycles. The largest absolute Gasteiger partial charge is 0.392 e. The smallest absolute Gasteiger partial charge is 0.250 e. The molecule has 3 aliphatic rings. The van der Waals surface area contributed by atoms with Crippen LogP contribution in [0, 0.1) is 18.8 Å². The molecule has 5 atom stereocenters. The molecule has 0 aliphatic carbocycles. The number of imide groups is 1. The third kappa shape index (κ3) is 2.30. The predicted octanol–water partition coefficient (Wildman–Crippen LogP) is -0.257. The number of aliphatic hydroxyl groups is 1. The molecule has 1 spiro atoms. The van der Waals surface area contributed by atoms with Gasteiger partial charge in [-0.25, -0.2) is 0 Å². The number of amides is 3. The molecule has 4 rings (SSSR count). The number of rotatable bonds is 4. The van der Waals surface area contributed by atoms with E-state index in [1.165, 1.54) is 7.11 Å². The number of aryl methyl sites for hydroxylation is 1. The van der Waals surface area contributed by atoms with Crippen LogP contribution in [0.4, 0.5) is 5.69 Å². The number of nitrogens with zero attached hydrogens (tertiary/aromatic N) is 1. The molecule has 3 amide bonds. The fraction of sp³-hybridized carbons (Fsp3) is 0.526. The van der Waals surface area contributed by atoms with Gasteiger partial charge >= 0.3 is 0 Å². The number of fused-ring (bicyclic) bond motifs is 4. The third-order valence-electron chi connectivity index (χ3n) is 5.94. The molecule has 8 heteroatoms. The quantitative estimate of drug-likeness (QED) is 0.628. The van der Waals surface area contributed by atoms with Gasteiger partial charge in [-0.3, -0.25) is 24.6 Å². The fourth-order valence-electron chi connectivity index (χ4n) is 4.72. The lowest BCUT2D eigenvalue weighted by atomic mass is 9.76. The minimum atomic E-state index is -1.36.